The molecule has 1 N–H and O–H groups in total. The van der Waals surface area contributed by atoms with E-state index in [1.807, 2.05) is 39.8 Å². The molecule has 35 heavy (non-hydrogen) atoms. The van der Waals surface area contributed by atoms with Crippen LogP contribution in [0.3, 0.4) is 0 Å². The second kappa shape index (κ2) is 11.8. The number of carbonyl (C=O) groups is 2. The van der Waals surface area contributed by atoms with Crippen molar-refractivity contribution in [1.82, 2.24) is 19.8 Å². The third-order valence-electron chi connectivity index (χ3n) is 6.01. The molecule has 3 heterocycles. The molecule has 0 fully saturated rings. The molecule has 1 aliphatic heterocycles. The lowest BCUT2D eigenvalue weighted by molar-refractivity contribution is -0.130. The van der Waals surface area contributed by atoms with Crippen molar-refractivity contribution in [2.45, 2.75) is 46.3 Å². The zero-order valence-electron chi connectivity index (χ0n) is 21.1. The number of aliphatic hydroxyl groups is 1. The molecule has 8 nitrogen and oxygen atoms in total. The predicted molar refractivity (Wildman–Crippen MR) is 133 cm³/mol. The van der Waals surface area contributed by atoms with E-state index < -0.39 is 6.10 Å². The van der Waals surface area contributed by atoms with Crippen LogP contribution in [-0.4, -0.2) is 75.6 Å². The Morgan fingerprint density at radius 2 is 2.03 bits per heavy atom. The number of ether oxygens (including phenoxy) is 1. The maximum absolute atomic E-state index is 13.4. The minimum atomic E-state index is -0.401. The summed E-state index contributed by atoms with van der Waals surface area (Å²) in [6.45, 7) is 8.31. The molecule has 8 heteroatoms. The average Bonchev–Trinajstić information content (AvgIpc) is 2.84. The normalized spacial score (nSPS) is 18.5. The molecule has 2 aromatic rings. The summed E-state index contributed by atoms with van der Waals surface area (Å²) in [6.07, 6.45) is 4.79. The van der Waals surface area contributed by atoms with E-state index in [0.717, 1.165) is 5.56 Å². The van der Waals surface area contributed by atoms with Crippen molar-refractivity contribution in [3.63, 3.8) is 0 Å². The number of fused-ring (bicyclic) bond motifs is 1. The molecule has 0 spiro atoms. The zero-order chi connectivity index (χ0) is 25.5. The first kappa shape index (κ1) is 26.2. The standard InChI is InChI=1S/C27H34N4O4/c1-18(2)6-7-22-12-23-26(29-14-22)35-24(19(3)15-31(27(23)34)20(4)17-32)16-30(5)25(33)13-21-8-10-28-11-9-21/h8-12,14,18-20,24,32H,13,15-17H2,1-5H3/t19-,20-,24-/m1/s1. The van der Waals surface area contributed by atoms with Crippen LogP contribution in [0.15, 0.2) is 36.8 Å². The van der Waals surface area contributed by atoms with E-state index in [2.05, 4.69) is 21.8 Å². The van der Waals surface area contributed by atoms with Crippen LogP contribution in [-0.2, 0) is 11.2 Å². The topological polar surface area (TPSA) is 95.9 Å². The molecule has 0 bridgehead atoms. The van der Waals surface area contributed by atoms with Gasteiger partial charge in [0.2, 0.25) is 11.8 Å². The number of carbonyl (C=O) groups excluding carboxylic acids is 2. The van der Waals surface area contributed by atoms with Gasteiger partial charge in [-0.15, -0.1) is 0 Å². The number of likely N-dealkylation sites (N-methyl/N-ethyl adjacent to an activating group) is 1. The fraction of sp³-hybridized carbons (Fsp3) is 0.481. The van der Waals surface area contributed by atoms with Gasteiger partial charge >= 0.3 is 0 Å². The van der Waals surface area contributed by atoms with E-state index in [9.17, 15) is 14.7 Å². The summed E-state index contributed by atoms with van der Waals surface area (Å²) in [7, 11) is 1.75. The Bertz CT molecular complexity index is 1090. The Morgan fingerprint density at radius 3 is 2.69 bits per heavy atom. The molecule has 3 atom stereocenters. The molecule has 0 radical (unpaired) electrons. The molecule has 0 aliphatic carbocycles. The second-order valence-corrected chi connectivity index (χ2v) is 9.43. The van der Waals surface area contributed by atoms with Crippen LogP contribution in [0.5, 0.6) is 5.88 Å². The van der Waals surface area contributed by atoms with Gasteiger partial charge in [0.05, 0.1) is 25.6 Å². The molecule has 0 saturated heterocycles. The minimum Gasteiger partial charge on any atom is -0.472 e. The van der Waals surface area contributed by atoms with Gasteiger partial charge in [-0.05, 0) is 30.7 Å². The molecule has 2 amide bonds. The van der Waals surface area contributed by atoms with Crippen molar-refractivity contribution in [2.24, 2.45) is 11.8 Å². The summed E-state index contributed by atoms with van der Waals surface area (Å²) in [5.74, 6) is 6.13. The molecular weight excluding hydrogens is 444 g/mol. The molecule has 3 rings (SSSR count). The van der Waals surface area contributed by atoms with Gasteiger partial charge in [-0.1, -0.05) is 32.6 Å². The monoisotopic (exact) mass is 478 g/mol. The van der Waals surface area contributed by atoms with Crippen molar-refractivity contribution >= 4 is 11.8 Å². The molecule has 186 valence electrons. The number of hydrogen-bond donors (Lipinski definition) is 1. The lowest BCUT2D eigenvalue weighted by atomic mass is 9.99. The van der Waals surface area contributed by atoms with Crippen molar-refractivity contribution in [3.8, 4) is 17.7 Å². The lowest BCUT2D eigenvalue weighted by Crippen LogP contribution is -2.50. The van der Waals surface area contributed by atoms with Crippen molar-refractivity contribution in [1.29, 1.82) is 0 Å². The van der Waals surface area contributed by atoms with Crippen molar-refractivity contribution in [3.05, 3.63) is 53.5 Å². The van der Waals surface area contributed by atoms with Crippen LogP contribution in [0, 0.1) is 23.7 Å². The van der Waals surface area contributed by atoms with Gasteiger partial charge in [0.1, 0.15) is 11.7 Å². The van der Waals surface area contributed by atoms with E-state index in [4.69, 9.17) is 4.74 Å². The number of nitrogens with zero attached hydrogens (tertiary/aromatic N) is 4. The lowest BCUT2D eigenvalue weighted by Gasteiger charge is -2.37. The van der Waals surface area contributed by atoms with Gasteiger partial charge in [0, 0.05) is 49.6 Å². The third kappa shape index (κ3) is 6.80. The minimum absolute atomic E-state index is 0.0433. The number of amides is 2. The van der Waals surface area contributed by atoms with E-state index in [0.29, 0.717) is 24.2 Å². The highest BCUT2D eigenvalue weighted by Gasteiger charge is 2.34. The molecule has 2 aromatic heterocycles. The van der Waals surface area contributed by atoms with Gasteiger partial charge in [-0.2, -0.15) is 0 Å². The highest BCUT2D eigenvalue weighted by atomic mass is 16.5. The van der Waals surface area contributed by atoms with Gasteiger partial charge in [-0.3, -0.25) is 14.6 Å². The smallest absolute Gasteiger partial charge is 0.259 e. The van der Waals surface area contributed by atoms with Crippen LogP contribution in [0.2, 0.25) is 0 Å². The van der Waals surface area contributed by atoms with E-state index in [1.165, 1.54) is 0 Å². The molecule has 0 aromatic carbocycles. The maximum Gasteiger partial charge on any atom is 0.259 e. The Kier molecular flexibility index (Phi) is 8.83. The van der Waals surface area contributed by atoms with Crippen LogP contribution in [0.25, 0.3) is 0 Å². The first-order valence-corrected chi connectivity index (χ1v) is 11.9. The summed E-state index contributed by atoms with van der Waals surface area (Å²) in [5.41, 5.74) is 1.82. The second-order valence-electron chi connectivity index (χ2n) is 9.43. The van der Waals surface area contributed by atoms with Gasteiger partial charge in [0.25, 0.3) is 5.91 Å². The first-order valence-electron chi connectivity index (χ1n) is 11.9. The fourth-order valence-electron chi connectivity index (χ4n) is 3.80. The fourth-order valence-corrected chi connectivity index (χ4v) is 3.80. The number of aliphatic hydroxyl groups excluding tert-OH is 1. The van der Waals surface area contributed by atoms with Crippen LogP contribution < -0.4 is 4.74 Å². The predicted octanol–water partition coefficient (Wildman–Crippen LogP) is 2.41. The SMILES string of the molecule is CC(C)C#Cc1cnc2c(c1)C(=O)N([C@H](C)CO)C[C@@H](C)[C@@H](CN(C)C(=O)Cc1ccncc1)O2. The Morgan fingerprint density at radius 1 is 1.31 bits per heavy atom. The van der Waals surface area contributed by atoms with E-state index >= 15 is 0 Å². The number of hydrogen-bond acceptors (Lipinski definition) is 6. The molecular formula is C27H34N4O4. The van der Waals surface area contributed by atoms with Crippen molar-refractivity contribution in [2.75, 3.05) is 26.7 Å². The molecule has 0 unspecified atom stereocenters. The summed E-state index contributed by atoms with van der Waals surface area (Å²) >= 11 is 0. The van der Waals surface area contributed by atoms with Gasteiger partial charge in [-0.25, -0.2) is 4.98 Å². The number of pyridine rings is 2. The quantitative estimate of drug-likeness (QED) is 0.641. The average molecular weight is 479 g/mol. The van der Waals surface area contributed by atoms with Crippen LogP contribution in [0.1, 0.15) is 49.2 Å². The zero-order valence-corrected chi connectivity index (χ0v) is 21.1. The molecule has 1 aliphatic rings. The highest BCUT2D eigenvalue weighted by molar-refractivity contribution is 5.97. The highest BCUT2D eigenvalue weighted by Crippen LogP contribution is 2.27. The molecule has 0 saturated carbocycles. The Hall–Kier alpha value is -3.44. The first-order chi connectivity index (χ1) is 16.7. The van der Waals surface area contributed by atoms with E-state index in [-0.39, 0.29) is 48.6 Å². The van der Waals surface area contributed by atoms with Crippen LogP contribution in [0.4, 0.5) is 0 Å². The largest absolute Gasteiger partial charge is 0.472 e. The third-order valence-corrected chi connectivity index (χ3v) is 6.01. The maximum atomic E-state index is 13.4. The summed E-state index contributed by atoms with van der Waals surface area (Å²) < 4.78 is 6.26. The Balaban J connectivity index is 1.89. The van der Waals surface area contributed by atoms with E-state index in [1.54, 1.807) is 41.5 Å². The van der Waals surface area contributed by atoms with Crippen molar-refractivity contribution < 1.29 is 19.4 Å². The van der Waals surface area contributed by atoms with Gasteiger partial charge < -0.3 is 19.6 Å². The number of aromatic nitrogens is 2. The summed E-state index contributed by atoms with van der Waals surface area (Å²) in [5, 5.41) is 9.80. The number of rotatable bonds is 6. The van der Waals surface area contributed by atoms with Gasteiger partial charge in [0.15, 0.2) is 0 Å². The Labute approximate surface area is 207 Å². The van der Waals surface area contributed by atoms with Crippen LogP contribution >= 0.6 is 0 Å². The summed E-state index contributed by atoms with van der Waals surface area (Å²) in [6, 6.07) is 4.96. The summed E-state index contributed by atoms with van der Waals surface area (Å²) in [4.78, 5) is 38.0.